The second-order valence-corrected chi connectivity index (χ2v) is 8.79. The molecule has 2 aromatic rings. The van der Waals surface area contributed by atoms with E-state index in [-0.39, 0.29) is 11.5 Å². The third-order valence-electron chi connectivity index (χ3n) is 6.58. The van der Waals surface area contributed by atoms with Crippen LogP contribution in [0.15, 0.2) is 29.1 Å². The highest BCUT2D eigenvalue weighted by atomic mass is 16.6. The highest BCUT2D eigenvalue weighted by Crippen LogP contribution is 2.36. The lowest BCUT2D eigenvalue weighted by atomic mass is 9.94. The number of fused-ring (bicyclic) bond motifs is 3. The van der Waals surface area contributed by atoms with Crippen molar-refractivity contribution in [3.63, 3.8) is 0 Å². The first-order valence-corrected chi connectivity index (χ1v) is 11.6. The quantitative estimate of drug-likeness (QED) is 0.687. The third kappa shape index (κ3) is 4.56. The molecular weight excluding hydrogens is 410 g/mol. The number of hydrogen-bond donors (Lipinski definition) is 0. The van der Waals surface area contributed by atoms with Crippen molar-refractivity contribution in [1.29, 1.82) is 0 Å². The predicted octanol–water partition coefficient (Wildman–Crippen LogP) is 2.98. The van der Waals surface area contributed by atoms with Gasteiger partial charge in [-0.2, -0.15) is 0 Å². The molecule has 7 nitrogen and oxygen atoms in total. The third-order valence-corrected chi connectivity index (χ3v) is 6.58. The van der Waals surface area contributed by atoms with Gasteiger partial charge in [0.25, 0.3) is 0 Å². The van der Waals surface area contributed by atoms with Crippen LogP contribution in [0.1, 0.15) is 24.0 Å². The Morgan fingerprint density at radius 3 is 2.72 bits per heavy atom. The maximum absolute atomic E-state index is 12.7. The van der Waals surface area contributed by atoms with E-state index in [1.807, 2.05) is 13.0 Å². The Morgan fingerprint density at radius 2 is 1.91 bits per heavy atom. The maximum Gasteiger partial charge on any atom is 0.197 e. The highest BCUT2D eigenvalue weighted by Gasteiger charge is 2.24. The Labute approximate surface area is 188 Å². The van der Waals surface area contributed by atoms with E-state index < -0.39 is 0 Å². The molecule has 5 rings (SSSR count). The largest absolute Gasteiger partial charge is 0.493 e. The van der Waals surface area contributed by atoms with Gasteiger partial charge in [0.05, 0.1) is 32.1 Å². The fourth-order valence-corrected chi connectivity index (χ4v) is 4.68. The minimum atomic E-state index is -0.109. The van der Waals surface area contributed by atoms with E-state index in [0.717, 1.165) is 68.2 Å². The first-order valence-electron chi connectivity index (χ1n) is 11.6. The summed E-state index contributed by atoms with van der Waals surface area (Å²) in [7, 11) is 0. The van der Waals surface area contributed by atoms with Gasteiger partial charge in [0, 0.05) is 37.0 Å². The number of ether oxygens (including phenoxy) is 5. The molecule has 2 fully saturated rings. The van der Waals surface area contributed by atoms with Crippen LogP contribution in [0, 0.1) is 12.8 Å². The van der Waals surface area contributed by atoms with Gasteiger partial charge < -0.3 is 28.3 Å². The van der Waals surface area contributed by atoms with Crippen molar-refractivity contribution < 1.29 is 23.7 Å². The molecule has 0 saturated carbocycles. The van der Waals surface area contributed by atoms with Crippen LogP contribution in [0.2, 0.25) is 0 Å². The highest BCUT2D eigenvalue weighted by molar-refractivity contribution is 5.70. The molecule has 0 amide bonds. The van der Waals surface area contributed by atoms with Crippen LogP contribution < -0.4 is 14.9 Å². The number of aryl methyl sites for hydroxylation is 1. The van der Waals surface area contributed by atoms with E-state index in [2.05, 4.69) is 16.7 Å². The Bertz CT molecular complexity index is 1000. The molecule has 0 aliphatic carbocycles. The van der Waals surface area contributed by atoms with Gasteiger partial charge in [0.1, 0.15) is 18.5 Å². The van der Waals surface area contributed by atoms with Gasteiger partial charge >= 0.3 is 0 Å². The van der Waals surface area contributed by atoms with Crippen molar-refractivity contribution in [3.05, 3.63) is 45.6 Å². The number of benzene rings is 1. The van der Waals surface area contributed by atoms with Crippen LogP contribution in [0.5, 0.6) is 11.6 Å². The number of hydrogen-bond acceptors (Lipinski definition) is 6. The summed E-state index contributed by atoms with van der Waals surface area (Å²) >= 11 is 0. The molecule has 0 radical (unpaired) electrons. The Kier molecular flexibility index (Phi) is 6.48. The summed E-state index contributed by atoms with van der Waals surface area (Å²) in [6.07, 6.45) is 2.86. The van der Waals surface area contributed by atoms with Gasteiger partial charge in [-0.3, -0.25) is 4.79 Å². The summed E-state index contributed by atoms with van der Waals surface area (Å²) in [6, 6.07) is 7.81. The van der Waals surface area contributed by atoms with Crippen molar-refractivity contribution in [3.8, 4) is 22.9 Å². The van der Waals surface area contributed by atoms with Crippen molar-refractivity contribution in [2.24, 2.45) is 5.92 Å². The monoisotopic (exact) mass is 441 g/mol. The molecule has 0 N–H and O–H groups in total. The van der Waals surface area contributed by atoms with Gasteiger partial charge in [-0.25, -0.2) is 0 Å². The van der Waals surface area contributed by atoms with E-state index in [9.17, 15) is 4.79 Å². The topological polar surface area (TPSA) is 68.2 Å². The summed E-state index contributed by atoms with van der Waals surface area (Å²) in [4.78, 5) is 12.7. The molecule has 0 bridgehead atoms. The van der Waals surface area contributed by atoms with Crippen LogP contribution in [-0.4, -0.2) is 56.9 Å². The molecule has 32 heavy (non-hydrogen) atoms. The zero-order valence-corrected chi connectivity index (χ0v) is 18.6. The van der Waals surface area contributed by atoms with Gasteiger partial charge in [-0.1, -0.05) is 0 Å². The van der Waals surface area contributed by atoms with Crippen molar-refractivity contribution >= 4 is 0 Å². The molecule has 0 spiro atoms. The van der Waals surface area contributed by atoms with E-state index in [4.69, 9.17) is 23.7 Å². The van der Waals surface area contributed by atoms with Crippen LogP contribution in [0.3, 0.4) is 0 Å². The fraction of sp³-hybridized carbons (Fsp3) is 0.560. The maximum atomic E-state index is 12.7. The molecule has 172 valence electrons. The average molecular weight is 442 g/mol. The van der Waals surface area contributed by atoms with Crippen LogP contribution in [0.4, 0.5) is 0 Å². The number of aromatic nitrogens is 1. The summed E-state index contributed by atoms with van der Waals surface area (Å²) in [5, 5.41) is 0. The van der Waals surface area contributed by atoms with E-state index in [1.165, 1.54) is 5.56 Å². The molecule has 0 unspecified atom stereocenters. The zero-order valence-electron chi connectivity index (χ0n) is 18.6. The molecule has 4 heterocycles. The Hall–Kier alpha value is -2.35. The minimum Gasteiger partial charge on any atom is -0.493 e. The summed E-state index contributed by atoms with van der Waals surface area (Å²) in [5.41, 5.74) is 3.95. The van der Waals surface area contributed by atoms with Gasteiger partial charge in [-0.15, -0.1) is 0 Å². The molecule has 1 aromatic carbocycles. The van der Waals surface area contributed by atoms with E-state index in [1.54, 1.807) is 6.07 Å². The second kappa shape index (κ2) is 9.65. The smallest absolute Gasteiger partial charge is 0.197 e. The molecule has 3 aliphatic rings. The standard InChI is InChI=1S/C25H31NO6/c1-17-23(27)13-24(32-16-21-15-29-10-11-30-21)26-7-4-19-12-20(2-3-22(19)25(17)26)31-14-18-5-8-28-9-6-18/h2-3,12-13,18,21H,4-11,14-16H2,1H3/t21-/m0/s1. The number of pyridine rings is 1. The van der Waals surface area contributed by atoms with Crippen LogP contribution >= 0.6 is 0 Å². The molecule has 3 aliphatic heterocycles. The lowest BCUT2D eigenvalue weighted by Gasteiger charge is -2.28. The Morgan fingerprint density at radius 1 is 1.03 bits per heavy atom. The molecule has 1 aromatic heterocycles. The van der Waals surface area contributed by atoms with Crippen LogP contribution in [0.25, 0.3) is 11.3 Å². The van der Waals surface area contributed by atoms with Crippen molar-refractivity contribution in [2.45, 2.75) is 38.8 Å². The molecule has 1 atom stereocenters. The average Bonchev–Trinajstić information content (AvgIpc) is 2.84. The van der Waals surface area contributed by atoms with Crippen LogP contribution in [-0.2, 0) is 27.2 Å². The number of nitrogens with zero attached hydrogens (tertiary/aromatic N) is 1. The normalized spacial score (nSPS) is 21.0. The first-order chi connectivity index (χ1) is 15.7. The van der Waals surface area contributed by atoms with Crippen molar-refractivity contribution in [1.82, 2.24) is 4.57 Å². The zero-order chi connectivity index (χ0) is 21.9. The molecular formula is C25H31NO6. The summed E-state index contributed by atoms with van der Waals surface area (Å²) in [6.45, 7) is 7.10. The Balaban J connectivity index is 1.36. The summed E-state index contributed by atoms with van der Waals surface area (Å²) in [5.74, 6) is 2.04. The fourth-order valence-electron chi connectivity index (χ4n) is 4.68. The van der Waals surface area contributed by atoms with E-state index >= 15 is 0 Å². The predicted molar refractivity (Wildman–Crippen MR) is 120 cm³/mol. The second-order valence-electron chi connectivity index (χ2n) is 8.79. The molecule has 2 saturated heterocycles. The molecule has 7 heteroatoms. The SMILES string of the molecule is Cc1c2n(c(OC[C@@H]3COCCO3)cc1=O)CCc1cc(OCC3CCOCC3)ccc1-2. The number of rotatable bonds is 6. The minimum absolute atomic E-state index is 0.0141. The van der Waals surface area contributed by atoms with Gasteiger partial charge in [0.2, 0.25) is 0 Å². The lowest BCUT2D eigenvalue weighted by molar-refractivity contribution is -0.102. The van der Waals surface area contributed by atoms with E-state index in [0.29, 0.717) is 38.2 Å². The van der Waals surface area contributed by atoms with Crippen molar-refractivity contribution in [2.75, 3.05) is 46.2 Å². The summed E-state index contributed by atoms with van der Waals surface area (Å²) < 4.78 is 30.8. The van der Waals surface area contributed by atoms with Gasteiger partial charge in [-0.05, 0) is 55.9 Å². The lowest BCUT2D eigenvalue weighted by Crippen LogP contribution is -2.34. The van der Waals surface area contributed by atoms with Gasteiger partial charge in [0.15, 0.2) is 11.3 Å². The first kappa shape index (κ1) is 21.5.